The van der Waals surface area contributed by atoms with Crippen LogP contribution in [-0.2, 0) is 5.75 Å². The van der Waals surface area contributed by atoms with Gasteiger partial charge in [-0.05, 0) is 30.3 Å². The molecule has 0 aliphatic rings. The summed E-state index contributed by atoms with van der Waals surface area (Å²) in [6.45, 7) is 0. The number of para-hydroxylation sites is 1. The maximum atomic E-state index is 12.4. The lowest BCUT2D eigenvalue weighted by atomic mass is 10.2. The molecule has 0 aliphatic heterocycles. The summed E-state index contributed by atoms with van der Waals surface area (Å²) < 4.78 is 7.27. The van der Waals surface area contributed by atoms with Crippen molar-refractivity contribution >= 4 is 61.2 Å². The number of hydrogen-bond acceptors (Lipinski definition) is 8. The fourth-order valence-corrected chi connectivity index (χ4v) is 5.56. The number of amides is 1. The fourth-order valence-electron chi connectivity index (χ4n) is 2.75. The van der Waals surface area contributed by atoms with Crippen LogP contribution in [0.25, 0.3) is 10.2 Å². The molecule has 2 heterocycles. The van der Waals surface area contributed by atoms with E-state index in [-0.39, 0.29) is 10.9 Å². The van der Waals surface area contributed by atoms with E-state index in [1.54, 1.807) is 36.3 Å². The van der Waals surface area contributed by atoms with E-state index in [0.29, 0.717) is 10.6 Å². The van der Waals surface area contributed by atoms with E-state index in [1.165, 1.54) is 12.1 Å². The first kappa shape index (κ1) is 20.3. The standard InChI is InChI=1S/C20H15N3O4S3/c1-27-15-5-3-2-4-12(15)11-28-20-22-14-7-6-13(10-17(14)30-20)21-19(24)16-8-9-18(29-16)23(25)26/h2-10H,11H2,1H3,(H,21,24). The summed E-state index contributed by atoms with van der Waals surface area (Å²) in [7, 11) is 1.66. The molecule has 0 fully saturated rings. The number of nitrogens with one attached hydrogen (secondary N) is 1. The number of nitro groups is 1. The van der Waals surface area contributed by atoms with E-state index >= 15 is 0 Å². The molecule has 30 heavy (non-hydrogen) atoms. The number of carbonyl (C=O) groups excluding carboxylic acids is 1. The first-order valence-electron chi connectivity index (χ1n) is 8.74. The number of fused-ring (bicyclic) bond motifs is 1. The third-order valence-corrected chi connectivity index (χ3v) is 7.41. The minimum absolute atomic E-state index is 0.0604. The first-order chi connectivity index (χ1) is 14.5. The highest BCUT2D eigenvalue weighted by Gasteiger charge is 2.16. The number of thioether (sulfide) groups is 1. The number of carbonyl (C=O) groups is 1. The molecular weight excluding hydrogens is 442 g/mol. The van der Waals surface area contributed by atoms with Crippen LogP contribution in [0.4, 0.5) is 10.7 Å². The van der Waals surface area contributed by atoms with Gasteiger partial charge in [0.25, 0.3) is 5.91 Å². The number of nitrogens with zero attached hydrogens (tertiary/aromatic N) is 2. The topological polar surface area (TPSA) is 94.4 Å². The number of methoxy groups -OCH3 is 1. The maximum absolute atomic E-state index is 12.4. The third-order valence-electron chi connectivity index (χ3n) is 4.17. The van der Waals surface area contributed by atoms with E-state index in [1.807, 2.05) is 36.4 Å². The molecule has 10 heteroatoms. The van der Waals surface area contributed by atoms with Crippen LogP contribution >= 0.6 is 34.4 Å². The highest BCUT2D eigenvalue weighted by Crippen LogP contribution is 2.34. The Morgan fingerprint density at radius 2 is 2.03 bits per heavy atom. The van der Waals surface area contributed by atoms with Crippen LogP contribution in [0.15, 0.2) is 58.9 Å². The van der Waals surface area contributed by atoms with Crippen molar-refractivity contribution in [3.05, 3.63) is 75.2 Å². The van der Waals surface area contributed by atoms with Gasteiger partial charge in [0.2, 0.25) is 0 Å². The van der Waals surface area contributed by atoms with Gasteiger partial charge in [-0.3, -0.25) is 14.9 Å². The van der Waals surface area contributed by atoms with Gasteiger partial charge in [0, 0.05) is 23.1 Å². The molecular formula is C20H15N3O4S3. The number of rotatable bonds is 7. The van der Waals surface area contributed by atoms with E-state index < -0.39 is 4.92 Å². The molecule has 0 radical (unpaired) electrons. The minimum atomic E-state index is -0.505. The summed E-state index contributed by atoms with van der Waals surface area (Å²) >= 11 is 4.03. The number of benzene rings is 2. The van der Waals surface area contributed by atoms with Gasteiger partial charge in [-0.25, -0.2) is 4.98 Å². The maximum Gasteiger partial charge on any atom is 0.324 e. The van der Waals surface area contributed by atoms with Crippen molar-refractivity contribution in [2.24, 2.45) is 0 Å². The molecule has 0 saturated heterocycles. The van der Waals surface area contributed by atoms with E-state index in [2.05, 4.69) is 10.3 Å². The summed E-state index contributed by atoms with van der Waals surface area (Å²) in [6, 6.07) is 16.2. The van der Waals surface area contributed by atoms with E-state index in [4.69, 9.17) is 4.74 Å². The third kappa shape index (κ3) is 4.45. The molecule has 1 amide bonds. The molecule has 4 aromatic rings. The molecule has 2 aromatic heterocycles. The molecule has 0 unspecified atom stereocenters. The van der Waals surface area contributed by atoms with Crippen LogP contribution in [0.3, 0.4) is 0 Å². The molecule has 4 rings (SSSR count). The summed E-state index contributed by atoms with van der Waals surface area (Å²) in [4.78, 5) is 27.6. The summed E-state index contributed by atoms with van der Waals surface area (Å²) in [5, 5.41) is 13.5. The molecule has 0 spiro atoms. The zero-order valence-corrected chi connectivity index (χ0v) is 18.1. The lowest BCUT2D eigenvalue weighted by Crippen LogP contribution is -2.09. The van der Waals surface area contributed by atoms with Gasteiger partial charge in [-0.1, -0.05) is 41.3 Å². The van der Waals surface area contributed by atoms with Crippen molar-refractivity contribution in [3.63, 3.8) is 0 Å². The van der Waals surface area contributed by atoms with Crippen molar-refractivity contribution in [2.75, 3.05) is 12.4 Å². The van der Waals surface area contributed by atoms with Crippen molar-refractivity contribution in [2.45, 2.75) is 10.1 Å². The highest BCUT2D eigenvalue weighted by atomic mass is 32.2. The molecule has 152 valence electrons. The van der Waals surface area contributed by atoms with Gasteiger partial charge >= 0.3 is 5.00 Å². The smallest absolute Gasteiger partial charge is 0.324 e. The van der Waals surface area contributed by atoms with E-state index in [0.717, 1.165) is 43.0 Å². The Kier molecular flexibility index (Phi) is 5.98. The number of ether oxygens (including phenoxy) is 1. The lowest BCUT2D eigenvalue weighted by molar-refractivity contribution is -0.380. The van der Waals surface area contributed by atoms with Crippen LogP contribution in [0.2, 0.25) is 0 Å². The Hall–Kier alpha value is -2.95. The van der Waals surface area contributed by atoms with Gasteiger partial charge in [0.1, 0.15) is 5.75 Å². The number of thiophene rings is 1. The summed E-state index contributed by atoms with van der Waals surface area (Å²) in [6.07, 6.45) is 0. The molecule has 2 aromatic carbocycles. The number of aromatic nitrogens is 1. The predicted octanol–water partition coefficient (Wildman–Crippen LogP) is 5.82. The van der Waals surface area contributed by atoms with Gasteiger partial charge in [0.15, 0.2) is 4.34 Å². The van der Waals surface area contributed by atoms with Crippen molar-refractivity contribution in [1.29, 1.82) is 0 Å². The van der Waals surface area contributed by atoms with E-state index in [9.17, 15) is 14.9 Å². The molecule has 7 nitrogen and oxygen atoms in total. The average Bonchev–Trinajstić information content (AvgIpc) is 3.39. The van der Waals surface area contributed by atoms with Crippen LogP contribution in [0.5, 0.6) is 5.75 Å². The average molecular weight is 458 g/mol. The van der Waals surface area contributed by atoms with Gasteiger partial charge in [-0.2, -0.15) is 0 Å². The van der Waals surface area contributed by atoms with Crippen LogP contribution in [-0.4, -0.2) is 22.9 Å². The number of thiazole rings is 1. The Balaban J connectivity index is 1.46. The lowest BCUT2D eigenvalue weighted by Gasteiger charge is -2.06. The molecule has 0 atom stereocenters. The molecule has 0 aliphatic carbocycles. The van der Waals surface area contributed by atoms with Gasteiger partial charge in [-0.15, -0.1) is 11.3 Å². The van der Waals surface area contributed by atoms with Crippen LogP contribution in [0.1, 0.15) is 15.2 Å². The zero-order chi connectivity index (χ0) is 21.1. The zero-order valence-electron chi connectivity index (χ0n) is 15.7. The second-order valence-electron chi connectivity index (χ2n) is 6.11. The number of hydrogen-bond donors (Lipinski definition) is 1. The Morgan fingerprint density at radius 3 is 2.80 bits per heavy atom. The molecule has 0 bridgehead atoms. The summed E-state index contributed by atoms with van der Waals surface area (Å²) in [5.74, 6) is 1.22. The van der Waals surface area contributed by atoms with Crippen LogP contribution in [0, 0.1) is 10.1 Å². The van der Waals surface area contributed by atoms with Crippen molar-refractivity contribution < 1.29 is 14.5 Å². The number of anilines is 1. The molecule has 0 saturated carbocycles. The predicted molar refractivity (Wildman–Crippen MR) is 121 cm³/mol. The first-order valence-corrected chi connectivity index (χ1v) is 11.4. The Labute approximate surface area is 183 Å². The van der Waals surface area contributed by atoms with Gasteiger partial charge in [0.05, 0.1) is 27.1 Å². The van der Waals surface area contributed by atoms with Crippen LogP contribution < -0.4 is 10.1 Å². The second kappa shape index (κ2) is 8.82. The van der Waals surface area contributed by atoms with Gasteiger partial charge < -0.3 is 10.1 Å². The Bertz CT molecular complexity index is 1240. The van der Waals surface area contributed by atoms with Crippen molar-refractivity contribution in [3.8, 4) is 5.75 Å². The van der Waals surface area contributed by atoms with Crippen molar-refractivity contribution in [1.82, 2.24) is 4.98 Å². The summed E-state index contributed by atoms with van der Waals surface area (Å²) in [5.41, 5.74) is 2.57. The SMILES string of the molecule is COc1ccccc1CSc1nc2ccc(NC(=O)c3ccc([N+](=O)[O-])s3)cc2s1. The Morgan fingerprint density at radius 1 is 1.20 bits per heavy atom. The quantitative estimate of drug-likeness (QED) is 0.213. The fraction of sp³-hybridized carbons (Fsp3) is 0.100. The highest BCUT2D eigenvalue weighted by molar-refractivity contribution is 8.00. The second-order valence-corrected chi connectivity index (χ2v) is 9.43. The molecule has 1 N–H and O–H groups in total. The minimum Gasteiger partial charge on any atom is -0.496 e. The monoisotopic (exact) mass is 457 g/mol. The normalized spacial score (nSPS) is 10.8. The largest absolute Gasteiger partial charge is 0.496 e.